The minimum Gasteiger partial charge on any atom is -0.480 e. The molecule has 2 aliphatic rings. The van der Waals surface area contributed by atoms with Crippen LogP contribution in [-0.2, 0) is 28.7 Å². The lowest BCUT2D eigenvalue weighted by Gasteiger charge is -2.43. The molecule has 34 heavy (non-hydrogen) atoms. The first-order chi connectivity index (χ1) is 15.3. The van der Waals surface area contributed by atoms with Crippen molar-refractivity contribution in [3.8, 4) is 0 Å². The SMILES string of the molecule is CC(C)(C)OC(=O)N1[C@@H](C(=O)O)C[C@H]1C(=O)O.CC(C)(C)OC(=O)N1[C@@H](C(=O)O)C[C@H]1C(=O)O. The highest BCUT2D eigenvalue weighted by molar-refractivity contribution is 5.90. The number of carboxylic acids is 4. The second-order valence-corrected chi connectivity index (χ2v) is 9.66. The van der Waals surface area contributed by atoms with Crippen LogP contribution in [0.3, 0.4) is 0 Å². The van der Waals surface area contributed by atoms with Gasteiger partial charge < -0.3 is 29.9 Å². The quantitative estimate of drug-likeness (QED) is 0.436. The van der Waals surface area contributed by atoms with Gasteiger partial charge in [-0.25, -0.2) is 28.8 Å². The third kappa shape index (κ3) is 7.22. The minimum absolute atomic E-state index is 0.0933. The van der Waals surface area contributed by atoms with Gasteiger partial charge in [-0.05, 0) is 41.5 Å². The zero-order chi connectivity index (χ0) is 26.8. The lowest BCUT2D eigenvalue weighted by Crippen LogP contribution is -2.65. The number of likely N-dealkylation sites (tertiary alicyclic amines) is 2. The second-order valence-electron chi connectivity index (χ2n) is 9.66. The molecule has 192 valence electrons. The lowest BCUT2D eigenvalue weighted by atomic mass is 9.93. The van der Waals surface area contributed by atoms with Gasteiger partial charge in [0.1, 0.15) is 35.4 Å². The summed E-state index contributed by atoms with van der Waals surface area (Å²) in [6, 6.07) is -4.48. The van der Waals surface area contributed by atoms with E-state index in [4.69, 9.17) is 29.9 Å². The Bertz CT molecular complexity index is 747. The summed E-state index contributed by atoms with van der Waals surface area (Å²) >= 11 is 0. The largest absolute Gasteiger partial charge is 0.480 e. The Morgan fingerprint density at radius 3 is 0.912 bits per heavy atom. The highest BCUT2D eigenvalue weighted by Crippen LogP contribution is 2.29. The molecule has 2 rings (SSSR count). The number of ether oxygens (including phenoxy) is 2. The number of carbonyl (C=O) groups excluding carboxylic acids is 2. The molecule has 2 fully saturated rings. The number of hydrogen-bond donors (Lipinski definition) is 4. The van der Waals surface area contributed by atoms with E-state index in [0.717, 1.165) is 9.80 Å². The maximum absolute atomic E-state index is 11.6. The number of aliphatic carboxylic acids is 4. The van der Waals surface area contributed by atoms with Crippen molar-refractivity contribution in [3.05, 3.63) is 0 Å². The van der Waals surface area contributed by atoms with Crippen molar-refractivity contribution < 1.29 is 58.7 Å². The normalized spacial score (nSPS) is 23.8. The van der Waals surface area contributed by atoms with E-state index < -0.39 is 71.4 Å². The summed E-state index contributed by atoms with van der Waals surface area (Å²) in [6.07, 6.45) is -2.01. The van der Waals surface area contributed by atoms with E-state index in [9.17, 15) is 28.8 Å². The van der Waals surface area contributed by atoms with Gasteiger partial charge in [-0.1, -0.05) is 0 Å². The van der Waals surface area contributed by atoms with E-state index in [2.05, 4.69) is 0 Å². The number of nitrogens with zero attached hydrogens (tertiary/aromatic N) is 2. The zero-order valence-electron chi connectivity index (χ0n) is 19.7. The van der Waals surface area contributed by atoms with Gasteiger partial charge in [-0.15, -0.1) is 0 Å². The average molecular weight is 490 g/mol. The molecule has 0 aromatic rings. The van der Waals surface area contributed by atoms with Crippen LogP contribution in [0.5, 0.6) is 0 Å². The molecule has 2 saturated heterocycles. The van der Waals surface area contributed by atoms with Crippen LogP contribution in [0.15, 0.2) is 0 Å². The summed E-state index contributed by atoms with van der Waals surface area (Å²) in [7, 11) is 0. The van der Waals surface area contributed by atoms with Crippen LogP contribution in [0.25, 0.3) is 0 Å². The third-order valence-corrected chi connectivity index (χ3v) is 4.59. The summed E-state index contributed by atoms with van der Waals surface area (Å²) in [5.41, 5.74) is -1.59. The molecule has 0 bridgehead atoms. The number of hydrogen-bond acceptors (Lipinski definition) is 8. The molecular weight excluding hydrogens is 460 g/mol. The van der Waals surface area contributed by atoms with Crippen molar-refractivity contribution >= 4 is 36.1 Å². The van der Waals surface area contributed by atoms with E-state index in [-0.39, 0.29) is 12.8 Å². The third-order valence-electron chi connectivity index (χ3n) is 4.59. The Hall–Kier alpha value is -3.58. The molecular formula is C20H30N2O12. The molecule has 4 N–H and O–H groups in total. The first-order valence-electron chi connectivity index (χ1n) is 10.2. The van der Waals surface area contributed by atoms with Crippen molar-refractivity contribution in [1.82, 2.24) is 9.80 Å². The first-order valence-corrected chi connectivity index (χ1v) is 10.2. The fourth-order valence-corrected chi connectivity index (χ4v) is 3.05. The lowest BCUT2D eigenvalue weighted by molar-refractivity contribution is -0.163. The molecule has 4 atom stereocenters. The molecule has 0 spiro atoms. The number of carboxylic acid groups (broad SMARTS) is 4. The average Bonchev–Trinajstić information content (AvgIpc) is 2.47. The van der Waals surface area contributed by atoms with Crippen LogP contribution >= 0.6 is 0 Å². The van der Waals surface area contributed by atoms with Gasteiger partial charge in [0.25, 0.3) is 0 Å². The van der Waals surface area contributed by atoms with Gasteiger partial charge >= 0.3 is 36.1 Å². The van der Waals surface area contributed by atoms with Crippen molar-refractivity contribution in [1.29, 1.82) is 0 Å². The highest BCUT2D eigenvalue weighted by atomic mass is 16.6. The van der Waals surface area contributed by atoms with Gasteiger partial charge in [0.05, 0.1) is 0 Å². The maximum atomic E-state index is 11.6. The molecule has 0 radical (unpaired) electrons. The Morgan fingerprint density at radius 2 is 0.765 bits per heavy atom. The van der Waals surface area contributed by atoms with Crippen LogP contribution in [0.4, 0.5) is 9.59 Å². The van der Waals surface area contributed by atoms with Crippen LogP contribution in [0.1, 0.15) is 54.4 Å². The number of carbonyl (C=O) groups is 6. The molecule has 2 aliphatic heterocycles. The second kappa shape index (κ2) is 10.1. The van der Waals surface area contributed by atoms with Gasteiger partial charge in [0.2, 0.25) is 0 Å². The van der Waals surface area contributed by atoms with E-state index in [1.165, 1.54) is 0 Å². The Balaban J connectivity index is 0.000000340. The molecule has 0 saturated carbocycles. The van der Waals surface area contributed by atoms with Gasteiger partial charge in [-0.3, -0.25) is 9.80 Å². The van der Waals surface area contributed by atoms with Gasteiger partial charge in [0.15, 0.2) is 0 Å². The predicted octanol–water partition coefficient (Wildman–Crippen LogP) is 1.07. The molecule has 2 heterocycles. The molecule has 2 amide bonds. The Morgan fingerprint density at radius 1 is 0.559 bits per heavy atom. The molecule has 14 heteroatoms. The van der Waals surface area contributed by atoms with Gasteiger partial charge in [0, 0.05) is 12.8 Å². The maximum Gasteiger partial charge on any atom is 0.411 e. The van der Waals surface area contributed by atoms with E-state index in [1.807, 2.05) is 0 Å². The Labute approximate surface area is 195 Å². The summed E-state index contributed by atoms with van der Waals surface area (Å²) in [6.45, 7) is 9.73. The standard InChI is InChI=1S/2C10H15NO6/c2*1-10(2,3)17-9(16)11-5(7(12)13)4-6(11)8(14)15/h2*5-6H,4H2,1-3H3,(H,12,13)(H,14,15)/t2*5-,6+. The summed E-state index contributed by atoms with van der Waals surface area (Å²) in [5.74, 6) is -4.91. The summed E-state index contributed by atoms with van der Waals surface area (Å²) in [5, 5.41) is 35.2. The smallest absolute Gasteiger partial charge is 0.411 e. The topological polar surface area (TPSA) is 208 Å². The number of rotatable bonds is 4. The number of amides is 2. The Kier molecular flexibility index (Phi) is 8.48. The molecule has 0 aromatic heterocycles. The van der Waals surface area contributed by atoms with Crippen molar-refractivity contribution in [2.45, 2.75) is 89.8 Å². The summed E-state index contributed by atoms with van der Waals surface area (Å²) < 4.78 is 9.93. The zero-order valence-corrected chi connectivity index (χ0v) is 19.7. The van der Waals surface area contributed by atoms with Gasteiger partial charge in [-0.2, -0.15) is 0 Å². The van der Waals surface area contributed by atoms with Crippen molar-refractivity contribution in [3.63, 3.8) is 0 Å². The van der Waals surface area contributed by atoms with Crippen LogP contribution < -0.4 is 0 Å². The predicted molar refractivity (Wildman–Crippen MR) is 111 cm³/mol. The molecule has 0 aliphatic carbocycles. The van der Waals surface area contributed by atoms with Crippen LogP contribution in [0.2, 0.25) is 0 Å². The van der Waals surface area contributed by atoms with Crippen LogP contribution in [-0.4, -0.2) is 102 Å². The van der Waals surface area contributed by atoms with Crippen molar-refractivity contribution in [2.24, 2.45) is 0 Å². The highest BCUT2D eigenvalue weighted by Gasteiger charge is 2.52. The van der Waals surface area contributed by atoms with E-state index in [1.54, 1.807) is 41.5 Å². The van der Waals surface area contributed by atoms with Crippen molar-refractivity contribution in [2.75, 3.05) is 0 Å². The molecule has 14 nitrogen and oxygen atoms in total. The molecule has 0 unspecified atom stereocenters. The minimum atomic E-state index is -1.23. The monoisotopic (exact) mass is 490 g/mol. The summed E-state index contributed by atoms with van der Waals surface area (Å²) in [4.78, 5) is 67.9. The molecule has 0 aromatic carbocycles. The van der Waals surface area contributed by atoms with E-state index >= 15 is 0 Å². The fraction of sp³-hybridized carbons (Fsp3) is 0.700. The van der Waals surface area contributed by atoms with Crippen LogP contribution in [0, 0.1) is 0 Å². The fourth-order valence-electron chi connectivity index (χ4n) is 3.05. The van der Waals surface area contributed by atoms with E-state index in [0.29, 0.717) is 0 Å². The first kappa shape index (κ1) is 28.5.